The van der Waals surface area contributed by atoms with Gasteiger partial charge in [0.25, 0.3) is 0 Å². The topological polar surface area (TPSA) is 21.3 Å². The van der Waals surface area contributed by atoms with Crippen molar-refractivity contribution in [3.63, 3.8) is 0 Å². The lowest BCUT2D eigenvalue weighted by Gasteiger charge is -2.40. The number of hydrogen-bond acceptors (Lipinski definition) is 2. The van der Waals surface area contributed by atoms with E-state index in [4.69, 9.17) is 16.3 Å². The van der Waals surface area contributed by atoms with E-state index in [9.17, 15) is 0 Å². The summed E-state index contributed by atoms with van der Waals surface area (Å²) in [4.78, 5) is 0. The summed E-state index contributed by atoms with van der Waals surface area (Å²) in [5.74, 6) is 2.26. The van der Waals surface area contributed by atoms with Gasteiger partial charge in [-0.3, -0.25) is 0 Å². The van der Waals surface area contributed by atoms with Crippen LogP contribution in [-0.2, 0) is 0 Å². The van der Waals surface area contributed by atoms with Crippen molar-refractivity contribution in [1.82, 2.24) is 5.32 Å². The molecule has 3 heteroatoms. The molecule has 112 valence electrons. The first-order valence-corrected chi connectivity index (χ1v) is 8.13. The van der Waals surface area contributed by atoms with Crippen LogP contribution in [0.1, 0.15) is 40.0 Å². The van der Waals surface area contributed by atoms with Crippen molar-refractivity contribution in [3.05, 3.63) is 29.3 Å². The second-order valence-electron chi connectivity index (χ2n) is 6.15. The van der Waals surface area contributed by atoms with E-state index < -0.39 is 0 Å². The van der Waals surface area contributed by atoms with Gasteiger partial charge < -0.3 is 10.1 Å². The zero-order valence-corrected chi connectivity index (χ0v) is 13.5. The normalized spacial score (nSPS) is 30.2. The van der Waals surface area contributed by atoms with Crippen molar-refractivity contribution in [2.75, 3.05) is 6.54 Å². The van der Waals surface area contributed by atoms with Gasteiger partial charge in [0, 0.05) is 11.1 Å². The molecule has 0 bridgehead atoms. The molecule has 0 amide bonds. The minimum absolute atomic E-state index is 0.249. The third-order valence-electron chi connectivity index (χ3n) is 4.13. The molecule has 4 unspecified atom stereocenters. The molecule has 0 radical (unpaired) electrons. The molecule has 1 aliphatic rings. The van der Waals surface area contributed by atoms with Gasteiger partial charge in [-0.25, -0.2) is 0 Å². The molecule has 0 aromatic heterocycles. The van der Waals surface area contributed by atoms with E-state index in [0.717, 1.165) is 29.7 Å². The zero-order valence-electron chi connectivity index (χ0n) is 12.7. The molecule has 2 nitrogen and oxygen atoms in total. The van der Waals surface area contributed by atoms with Gasteiger partial charge >= 0.3 is 0 Å². The molecule has 1 aromatic rings. The van der Waals surface area contributed by atoms with Crippen LogP contribution >= 0.6 is 11.6 Å². The third-order valence-corrected chi connectivity index (χ3v) is 4.38. The van der Waals surface area contributed by atoms with Crippen LogP contribution < -0.4 is 10.1 Å². The number of nitrogens with one attached hydrogen (secondary N) is 1. The van der Waals surface area contributed by atoms with Gasteiger partial charge in [-0.2, -0.15) is 0 Å². The van der Waals surface area contributed by atoms with Crippen molar-refractivity contribution in [1.29, 1.82) is 0 Å². The second kappa shape index (κ2) is 7.33. The molecule has 0 spiro atoms. The first kappa shape index (κ1) is 15.7. The Morgan fingerprint density at radius 2 is 1.90 bits per heavy atom. The predicted molar refractivity (Wildman–Crippen MR) is 85.5 cm³/mol. The highest BCUT2D eigenvalue weighted by atomic mass is 35.5. The summed E-state index contributed by atoms with van der Waals surface area (Å²) in [7, 11) is 0. The zero-order chi connectivity index (χ0) is 14.5. The fourth-order valence-corrected chi connectivity index (χ4v) is 3.35. The van der Waals surface area contributed by atoms with Gasteiger partial charge in [0.15, 0.2) is 0 Å². The van der Waals surface area contributed by atoms with Crippen LogP contribution in [0, 0.1) is 11.8 Å². The lowest BCUT2D eigenvalue weighted by Crippen LogP contribution is -2.51. The maximum Gasteiger partial charge on any atom is 0.119 e. The Labute approximate surface area is 127 Å². The Hall–Kier alpha value is -0.730. The van der Waals surface area contributed by atoms with Gasteiger partial charge in [-0.15, -0.1) is 0 Å². The lowest BCUT2D eigenvalue weighted by molar-refractivity contribution is 0.0477. The predicted octanol–water partition coefficient (Wildman–Crippen LogP) is 4.52. The van der Waals surface area contributed by atoms with Gasteiger partial charge in [0.2, 0.25) is 0 Å². The molecule has 4 atom stereocenters. The third kappa shape index (κ3) is 4.13. The van der Waals surface area contributed by atoms with Crippen LogP contribution in [-0.4, -0.2) is 18.7 Å². The van der Waals surface area contributed by atoms with Crippen molar-refractivity contribution >= 4 is 11.6 Å². The summed E-state index contributed by atoms with van der Waals surface area (Å²) in [6.07, 6.45) is 3.84. The fraction of sp³-hybridized carbons (Fsp3) is 0.647. The molecule has 1 fully saturated rings. The summed E-state index contributed by atoms with van der Waals surface area (Å²) in [5.41, 5.74) is 0. The Morgan fingerprint density at radius 1 is 1.20 bits per heavy atom. The smallest absolute Gasteiger partial charge is 0.119 e. The number of halogens is 1. The van der Waals surface area contributed by atoms with Gasteiger partial charge in [-0.1, -0.05) is 32.4 Å². The van der Waals surface area contributed by atoms with Crippen molar-refractivity contribution in [2.45, 2.75) is 52.2 Å². The van der Waals surface area contributed by atoms with Crippen LogP contribution in [0.2, 0.25) is 5.02 Å². The van der Waals surface area contributed by atoms with Crippen LogP contribution in [0.4, 0.5) is 0 Å². The number of ether oxygens (including phenoxy) is 1. The summed E-state index contributed by atoms with van der Waals surface area (Å²) in [5, 5.41) is 4.42. The Bertz CT molecular complexity index is 406. The number of hydrogen-bond donors (Lipinski definition) is 1. The molecule has 0 heterocycles. The lowest BCUT2D eigenvalue weighted by atomic mass is 9.78. The van der Waals surface area contributed by atoms with Crippen LogP contribution in [0.3, 0.4) is 0 Å². The highest BCUT2D eigenvalue weighted by Gasteiger charge is 2.35. The fourth-order valence-electron chi connectivity index (χ4n) is 3.23. The maximum atomic E-state index is 6.26. The summed E-state index contributed by atoms with van der Waals surface area (Å²) < 4.78 is 6.26. The summed E-state index contributed by atoms with van der Waals surface area (Å²) in [6.45, 7) is 7.91. The largest absolute Gasteiger partial charge is 0.489 e. The second-order valence-corrected chi connectivity index (χ2v) is 6.59. The first-order chi connectivity index (χ1) is 9.60. The molecule has 2 rings (SSSR count). The number of benzene rings is 1. The highest BCUT2D eigenvalue weighted by molar-refractivity contribution is 6.30. The van der Waals surface area contributed by atoms with E-state index in [0.29, 0.717) is 12.0 Å². The van der Waals surface area contributed by atoms with Gasteiger partial charge in [0.05, 0.1) is 0 Å². The SMILES string of the molecule is CCCNC1CC(C)CC(C)C1Oc1ccc(Cl)cc1. The summed E-state index contributed by atoms with van der Waals surface area (Å²) >= 11 is 5.93. The van der Waals surface area contributed by atoms with Crippen molar-refractivity contribution in [2.24, 2.45) is 11.8 Å². The van der Waals surface area contributed by atoms with Gasteiger partial charge in [0.1, 0.15) is 11.9 Å². The quantitative estimate of drug-likeness (QED) is 0.862. The van der Waals surface area contributed by atoms with E-state index >= 15 is 0 Å². The Balaban J connectivity index is 2.05. The minimum Gasteiger partial charge on any atom is -0.489 e. The van der Waals surface area contributed by atoms with E-state index in [1.54, 1.807) is 0 Å². The van der Waals surface area contributed by atoms with E-state index in [2.05, 4.69) is 26.1 Å². The maximum absolute atomic E-state index is 6.26. The average molecular weight is 296 g/mol. The molecule has 1 aliphatic carbocycles. The molecule has 0 aliphatic heterocycles. The highest BCUT2D eigenvalue weighted by Crippen LogP contribution is 2.32. The molecule has 20 heavy (non-hydrogen) atoms. The molecule has 1 aromatic carbocycles. The first-order valence-electron chi connectivity index (χ1n) is 7.75. The van der Waals surface area contributed by atoms with Crippen molar-refractivity contribution < 1.29 is 4.74 Å². The van der Waals surface area contributed by atoms with Crippen LogP contribution in [0.25, 0.3) is 0 Å². The van der Waals surface area contributed by atoms with Crippen LogP contribution in [0.5, 0.6) is 5.75 Å². The molecular weight excluding hydrogens is 270 g/mol. The summed E-state index contributed by atoms with van der Waals surface area (Å²) in [6, 6.07) is 8.15. The molecule has 0 saturated heterocycles. The Kier molecular flexibility index (Phi) is 5.74. The van der Waals surface area contributed by atoms with E-state index in [1.165, 1.54) is 12.8 Å². The average Bonchev–Trinajstić information content (AvgIpc) is 2.42. The minimum atomic E-state index is 0.249. The standard InChI is InChI=1S/C17H26ClNO/c1-4-9-19-16-11-12(2)10-13(3)17(16)20-15-7-5-14(18)6-8-15/h5-8,12-13,16-17,19H,4,9-11H2,1-3H3. The van der Waals surface area contributed by atoms with Crippen LogP contribution in [0.15, 0.2) is 24.3 Å². The van der Waals surface area contributed by atoms with E-state index in [-0.39, 0.29) is 6.10 Å². The molecule has 1 saturated carbocycles. The Morgan fingerprint density at radius 3 is 2.55 bits per heavy atom. The number of rotatable bonds is 5. The van der Waals surface area contributed by atoms with E-state index in [1.807, 2.05) is 24.3 Å². The van der Waals surface area contributed by atoms with Crippen molar-refractivity contribution in [3.8, 4) is 5.75 Å². The molecule has 1 N–H and O–H groups in total. The van der Waals surface area contributed by atoms with Gasteiger partial charge in [-0.05, 0) is 61.9 Å². The monoisotopic (exact) mass is 295 g/mol. The molecular formula is C17H26ClNO.